The largest absolute Gasteiger partial charge is 0.472 e. The van der Waals surface area contributed by atoms with Gasteiger partial charge in [0.2, 0.25) is 0 Å². The van der Waals surface area contributed by atoms with Crippen LogP contribution >= 0.6 is 0 Å². The number of hydrogen-bond acceptors (Lipinski definition) is 7. The molecule has 4 N–H and O–H groups in total. The Hall–Kier alpha value is -4.74. The van der Waals surface area contributed by atoms with Crippen LogP contribution in [0.3, 0.4) is 0 Å². The Morgan fingerprint density at radius 3 is 2.39 bits per heavy atom. The summed E-state index contributed by atoms with van der Waals surface area (Å²) in [5.74, 6) is -0.853. The van der Waals surface area contributed by atoms with E-state index in [9.17, 15) is 22.4 Å². The predicted molar refractivity (Wildman–Crippen MR) is 146 cm³/mol. The van der Waals surface area contributed by atoms with Crippen molar-refractivity contribution < 1.29 is 27.1 Å². The van der Waals surface area contributed by atoms with Crippen molar-refractivity contribution in [1.29, 1.82) is 0 Å². The average molecular weight is 567 g/mol. The number of nitrogens with two attached hydrogens (primary N) is 1. The van der Waals surface area contributed by atoms with E-state index in [0.29, 0.717) is 17.8 Å². The highest BCUT2D eigenvalue weighted by Crippen LogP contribution is 2.32. The molecule has 2 aromatic carbocycles. The van der Waals surface area contributed by atoms with E-state index in [0.717, 1.165) is 55.0 Å². The fraction of sp³-hybridized carbons (Fsp3) is 0.241. The molecule has 4 aromatic rings. The van der Waals surface area contributed by atoms with Crippen molar-refractivity contribution in [1.82, 2.24) is 15.0 Å². The zero-order chi connectivity index (χ0) is 29.0. The van der Waals surface area contributed by atoms with Crippen LogP contribution in [-0.2, 0) is 12.7 Å². The second-order valence-corrected chi connectivity index (χ2v) is 9.60. The van der Waals surface area contributed by atoms with Crippen LogP contribution in [0.15, 0.2) is 67.0 Å². The van der Waals surface area contributed by atoms with E-state index in [2.05, 4.69) is 25.6 Å². The number of halogens is 4. The summed E-state index contributed by atoms with van der Waals surface area (Å²) < 4.78 is 59.2. The van der Waals surface area contributed by atoms with Crippen LogP contribution in [-0.4, -0.2) is 27.0 Å². The molecule has 0 saturated heterocycles. The number of nitrogens with one attached hydrogen (secondary N) is 2. The van der Waals surface area contributed by atoms with Crippen LogP contribution in [0.5, 0.6) is 5.88 Å². The third-order valence-corrected chi connectivity index (χ3v) is 6.62. The molecule has 0 spiro atoms. The smallest absolute Gasteiger partial charge is 0.417 e. The summed E-state index contributed by atoms with van der Waals surface area (Å²) in [5.41, 5.74) is 6.91. The Kier molecular flexibility index (Phi) is 7.99. The van der Waals surface area contributed by atoms with Gasteiger partial charge in [-0.15, -0.1) is 0 Å². The van der Waals surface area contributed by atoms with Gasteiger partial charge in [0.1, 0.15) is 17.7 Å². The summed E-state index contributed by atoms with van der Waals surface area (Å²) in [5, 5.41) is 5.41. The number of benzene rings is 2. The number of rotatable bonds is 8. The lowest BCUT2D eigenvalue weighted by atomic mass is 10.1. The molecule has 2 aromatic heterocycles. The highest BCUT2D eigenvalue weighted by Gasteiger charge is 2.32. The van der Waals surface area contributed by atoms with Gasteiger partial charge in [-0.3, -0.25) is 4.79 Å². The second kappa shape index (κ2) is 11.8. The Morgan fingerprint density at radius 1 is 1.00 bits per heavy atom. The van der Waals surface area contributed by atoms with Crippen molar-refractivity contribution in [3.05, 3.63) is 89.5 Å². The number of pyridine rings is 1. The summed E-state index contributed by atoms with van der Waals surface area (Å²) in [4.78, 5) is 25.5. The van der Waals surface area contributed by atoms with Crippen molar-refractivity contribution in [3.63, 3.8) is 0 Å². The van der Waals surface area contributed by atoms with Gasteiger partial charge in [-0.05, 0) is 61.6 Å². The number of carbonyl (C=O) groups is 1. The SMILES string of the molecule is Nc1ncc(-c2ccc(CNc3ncc(C(F)(F)F)cc3C(=O)Nc3ccc(F)cc3)cc2)nc1OC1CCCC1. The van der Waals surface area contributed by atoms with E-state index < -0.39 is 23.5 Å². The lowest BCUT2D eigenvalue weighted by Crippen LogP contribution is -2.18. The van der Waals surface area contributed by atoms with Crippen molar-refractivity contribution in [2.45, 2.75) is 44.5 Å². The fourth-order valence-electron chi connectivity index (χ4n) is 4.42. The van der Waals surface area contributed by atoms with Crippen LogP contribution in [0.25, 0.3) is 11.3 Å². The number of anilines is 3. The maximum Gasteiger partial charge on any atom is 0.417 e. The molecule has 8 nitrogen and oxygen atoms in total. The average Bonchev–Trinajstić information content (AvgIpc) is 3.47. The maximum absolute atomic E-state index is 13.4. The summed E-state index contributed by atoms with van der Waals surface area (Å²) in [6.45, 7) is 0.166. The lowest BCUT2D eigenvalue weighted by molar-refractivity contribution is -0.137. The molecule has 12 heteroatoms. The Balaban J connectivity index is 1.31. The molecule has 0 unspecified atom stereocenters. The number of nitrogen functional groups attached to an aromatic ring is 1. The normalized spacial score (nSPS) is 13.7. The summed E-state index contributed by atoms with van der Waals surface area (Å²) in [6.07, 6.45) is 1.72. The number of nitrogens with zero attached hydrogens (tertiary/aromatic N) is 3. The second-order valence-electron chi connectivity index (χ2n) is 9.60. The standard InChI is InChI=1S/C29H26F4N6O2/c30-20-9-11-21(12-10-20)38-27(40)23-13-19(29(31,32)33)15-37-26(23)36-14-17-5-7-18(8-6-17)24-16-35-25(34)28(39-24)41-22-3-1-2-4-22/h5-13,15-16,22H,1-4,14H2,(H2,34,35)(H,36,37)(H,38,40). The molecule has 0 aliphatic heterocycles. The summed E-state index contributed by atoms with van der Waals surface area (Å²) in [6, 6.07) is 12.8. The molecule has 1 fully saturated rings. The molecular weight excluding hydrogens is 540 g/mol. The van der Waals surface area contributed by atoms with Crippen molar-refractivity contribution in [2.24, 2.45) is 0 Å². The summed E-state index contributed by atoms with van der Waals surface area (Å²) >= 11 is 0. The van der Waals surface area contributed by atoms with Gasteiger partial charge in [0.15, 0.2) is 5.82 Å². The quantitative estimate of drug-likeness (QED) is 0.210. The molecule has 0 bridgehead atoms. The van der Waals surface area contributed by atoms with Gasteiger partial charge in [0.25, 0.3) is 11.8 Å². The Labute approximate surface area is 233 Å². The first-order chi connectivity index (χ1) is 19.7. The van der Waals surface area contributed by atoms with Gasteiger partial charge in [-0.2, -0.15) is 13.2 Å². The number of hydrogen-bond donors (Lipinski definition) is 3. The molecule has 2 heterocycles. The molecule has 0 radical (unpaired) electrons. The van der Waals surface area contributed by atoms with Crippen LogP contribution in [0.1, 0.15) is 47.2 Å². The van der Waals surface area contributed by atoms with Gasteiger partial charge < -0.3 is 21.1 Å². The number of carbonyl (C=O) groups excluding carboxylic acids is 1. The first kappa shape index (κ1) is 27.8. The molecule has 1 saturated carbocycles. The van der Waals surface area contributed by atoms with Crippen LogP contribution in [0.4, 0.5) is 34.9 Å². The lowest BCUT2D eigenvalue weighted by Gasteiger charge is -2.15. The maximum atomic E-state index is 13.4. The van der Waals surface area contributed by atoms with E-state index in [1.165, 1.54) is 12.1 Å². The topological polar surface area (TPSA) is 115 Å². The van der Waals surface area contributed by atoms with Crippen LogP contribution in [0.2, 0.25) is 0 Å². The van der Waals surface area contributed by atoms with Gasteiger partial charge in [-0.25, -0.2) is 19.3 Å². The molecule has 0 atom stereocenters. The molecule has 1 amide bonds. The molecule has 5 rings (SSSR count). The van der Waals surface area contributed by atoms with E-state index in [1.54, 1.807) is 18.3 Å². The number of alkyl halides is 3. The first-order valence-corrected chi connectivity index (χ1v) is 12.9. The Morgan fingerprint density at radius 2 is 1.71 bits per heavy atom. The van der Waals surface area contributed by atoms with Gasteiger partial charge in [-0.1, -0.05) is 24.3 Å². The number of ether oxygens (including phenoxy) is 1. The molecule has 1 aliphatic rings. The number of amides is 1. The van der Waals surface area contributed by atoms with Crippen molar-refractivity contribution >= 4 is 23.2 Å². The predicted octanol–water partition coefficient (Wildman–Crippen LogP) is 6.46. The highest BCUT2D eigenvalue weighted by atomic mass is 19.4. The van der Waals surface area contributed by atoms with Gasteiger partial charge >= 0.3 is 6.18 Å². The summed E-state index contributed by atoms with van der Waals surface area (Å²) in [7, 11) is 0. The minimum absolute atomic E-state index is 0.0419. The van der Waals surface area contributed by atoms with E-state index in [-0.39, 0.29) is 35.5 Å². The highest BCUT2D eigenvalue weighted by molar-refractivity contribution is 6.07. The third kappa shape index (κ3) is 6.89. The Bertz CT molecular complexity index is 1520. The van der Waals surface area contributed by atoms with Crippen molar-refractivity contribution in [3.8, 4) is 17.1 Å². The van der Waals surface area contributed by atoms with E-state index in [1.807, 2.05) is 12.1 Å². The van der Waals surface area contributed by atoms with Crippen molar-refractivity contribution in [2.75, 3.05) is 16.4 Å². The minimum atomic E-state index is -4.70. The van der Waals surface area contributed by atoms with Gasteiger partial charge in [0.05, 0.1) is 23.0 Å². The monoisotopic (exact) mass is 566 g/mol. The third-order valence-electron chi connectivity index (χ3n) is 6.62. The molecule has 212 valence electrons. The van der Waals surface area contributed by atoms with E-state index >= 15 is 0 Å². The first-order valence-electron chi connectivity index (χ1n) is 12.9. The van der Waals surface area contributed by atoms with E-state index in [4.69, 9.17) is 10.5 Å². The zero-order valence-electron chi connectivity index (χ0n) is 21.7. The van der Waals surface area contributed by atoms with Crippen LogP contribution in [0, 0.1) is 5.82 Å². The number of aromatic nitrogens is 3. The fourth-order valence-corrected chi connectivity index (χ4v) is 4.42. The molecule has 41 heavy (non-hydrogen) atoms. The van der Waals surface area contributed by atoms with Gasteiger partial charge in [0, 0.05) is 24.0 Å². The molecule has 1 aliphatic carbocycles. The molecular formula is C29H26F4N6O2. The van der Waals surface area contributed by atoms with Crippen LogP contribution < -0.4 is 21.1 Å². The zero-order valence-corrected chi connectivity index (χ0v) is 21.7. The minimum Gasteiger partial charge on any atom is -0.472 e.